The lowest BCUT2D eigenvalue weighted by atomic mass is 9.95. The van der Waals surface area contributed by atoms with E-state index in [1.807, 2.05) is 12.1 Å². The van der Waals surface area contributed by atoms with Gasteiger partial charge >= 0.3 is 5.97 Å². The van der Waals surface area contributed by atoms with Gasteiger partial charge in [0.05, 0.1) is 5.56 Å². The number of rotatable bonds is 5. The molecule has 0 radical (unpaired) electrons. The Hall–Kier alpha value is -1.31. The number of hydrogen-bond donors (Lipinski definition) is 1. The van der Waals surface area contributed by atoms with Crippen LogP contribution in [0.3, 0.4) is 0 Å². The van der Waals surface area contributed by atoms with Crippen LogP contribution in [0.25, 0.3) is 0 Å². The molecule has 0 saturated heterocycles. The molecule has 1 atom stereocenters. The van der Waals surface area contributed by atoms with E-state index in [9.17, 15) is 4.79 Å². The standard InChI is InChI=1S/C13H18O2/c1-3-4-5-10(2)11-6-8-12(9-7-11)13(14)15/h6-10H,3-5H2,1-2H3,(H,14,15). The van der Waals surface area contributed by atoms with Crippen LogP contribution >= 0.6 is 0 Å². The number of benzene rings is 1. The van der Waals surface area contributed by atoms with Crippen LogP contribution in [0.4, 0.5) is 0 Å². The van der Waals surface area contributed by atoms with E-state index in [0.717, 1.165) is 0 Å². The molecule has 0 spiro atoms. The smallest absolute Gasteiger partial charge is 0.335 e. The maximum atomic E-state index is 10.7. The van der Waals surface area contributed by atoms with Gasteiger partial charge in [-0.1, -0.05) is 38.8 Å². The Kier molecular flexibility index (Phi) is 4.35. The molecule has 1 aromatic carbocycles. The molecule has 0 fully saturated rings. The number of carboxylic acids is 1. The SMILES string of the molecule is CCCCC(C)c1ccc(C(=O)O)cc1. The van der Waals surface area contributed by atoms with E-state index in [1.54, 1.807) is 12.1 Å². The number of carbonyl (C=O) groups is 1. The van der Waals surface area contributed by atoms with E-state index in [0.29, 0.717) is 11.5 Å². The van der Waals surface area contributed by atoms with Crippen molar-refractivity contribution in [2.75, 3.05) is 0 Å². The summed E-state index contributed by atoms with van der Waals surface area (Å²) in [6, 6.07) is 7.20. The summed E-state index contributed by atoms with van der Waals surface area (Å²) < 4.78 is 0. The van der Waals surface area contributed by atoms with Crippen molar-refractivity contribution in [1.29, 1.82) is 0 Å². The number of aromatic carboxylic acids is 1. The molecule has 0 aromatic heterocycles. The third kappa shape index (κ3) is 3.39. The fraction of sp³-hybridized carbons (Fsp3) is 0.462. The summed E-state index contributed by atoms with van der Waals surface area (Å²) in [6.45, 7) is 4.37. The average molecular weight is 206 g/mol. The van der Waals surface area contributed by atoms with E-state index in [-0.39, 0.29) is 0 Å². The molecule has 0 bridgehead atoms. The molecule has 1 unspecified atom stereocenters. The van der Waals surface area contributed by atoms with Crippen LogP contribution in [0.15, 0.2) is 24.3 Å². The van der Waals surface area contributed by atoms with Crippen molar-refractivity contribution in [3.05, 3.63) is 35.4 Å². The Morgan fingerprint density at radius 3 is 2.40 bits per heavy atom. The van der Waals surface area contributed by atoms with Gasteiger partial charge in [-0.25, -0.2) is 4.79 Å². The van der Waals surface area contributed by atoms with Crippen molar-refractivity contribution in [2.45, 2.75) is 39.0 Å². The first-order chi connectivity index (χ1) is 7.15. The normalized spacial score (nSPS) is 12.4. The molecule has 0 aliphatic carbocycles. The summed E-state index contributed by atoms with van der Waals surface area (Å²) in [5.74, 6) is -0.337. The minimum atomic E-state index is -0.859. The van der Waals surface area contributed by atoms with Gasteiger partial charge in [0.15, 0.2) is 0 Å². The Morgan fingerprint density at radius 1 is 1.33 bits per heavy atom. The van der Waals surface area contributed by atoms with Gasteiger partial charge in [-0.2, -0.15) is 0 Å². The molecule has 0 amide bonds. The molecule has 1 aromatic rings. The van der Waals surface area contributed by atoms with Gasteiger partial charge < -0.3 is 5.11 Å². The number of carboxylic acid groups (broad SMARTS) is 1. The second kappa shape index (κ2) is 5.54. The minimum absolute atomic E-state index is 0.362. The van der Waals surface area contributed by atoms with E-state index in [4.69, 9.17) is 5.11 Å². The van der Waals surface area contributed by atoms with Crippen LogP contribution in [0.2, 0.25) is 0 Å². The Bertz CT molecular complexity index is 314. The Balaban J connectivity index is 2.66. The molecule has 0 aliphatic rings. The summed E-state index contributed by atoms with van der Waals surface area (Å²) in [5.41, 5.74) is 1.59. The van der Waals surface area contributed by atoms with Crippen molar-refractivity contribution in [3.8, 4) is 0 Å². The summed E-state index contributed by atoms with van der Waals surface area (Å²) >= 11 is 0. The second-order valence-corrected chi connectivity index (χ2v) is 3.97. The first kappa shape index (κ1) is 11.8. The highest BCUT2D eigenvalue weighted by Gasteiger charge is 2.06. The molecular weight excluding hydrogens is 188 g/mol. The first-order valence-electron chi connectivity index (χ1n) is 5.48. The van der Waals surface area contributed by atoms with Crippen LogP contribution in [0, 0.1) is 0 Å². The molecule has 15 heavy (non-hydrogen) atoms. The van der Waals surface area contributed by atoms with Crippen molar-refractivity contribution < 1.29 is 9.90 Å². The van der Waals surface area contributed by atoms with Crippen molar-refractivity contribution >= 4 is 5.97 Å². The van der Waals surface area contributed by atoms with Crippen molar-refractivity contribution in [2.24, 2.45) is 0 Å². The third-order valence-corrected chi connectivity index (χ3v) is 2.72. The molecule has 0 saturated carbocycles. The van der Waals surface area contributed by atoms with Gasteiger partial charge in [0.1, 0.15) is 0 Å². The number of unbranched alkanes of at least 4 members (excludes halogenated alkanes) is 1. The predicted molar refractivity (Wildman–Crippen MR) is 61.3 cm³/mol. The quantitative estimate of drug-likeness (QED) is 0.798. The van der Waals surface area contributed by atoms with Gasteiger partial charge in [0.2, 0.25) is 0 Å². The van der Waals surface area contributed by atoms with E-state index < -0.39 is 5.97 Å². The van der Waals surface area contributed by atoms with Gasteiger partial charge in [0, 0.05) is 0 Å². The summed E-state index contributed by atoms with van der Waals surface area (Å²) in [6.07, 6.45) is 3.60. The molecule has 2 nitrogen and oxygen atoms in total. The van der Waals surface area contributed by atoms with Crippen LogP contribution < -0.4 is 0 Å². The Labute approximate surface area is 90.9 Å². The molecule has 2 heteroatoms. The molecule has 0 heterocycles. The maximum Gasteiger partial charge on any atom is 0.335 e. The van der Waals surface area contributed by atoms with E-state index in [2.05, 4.69) is 13.8 Å². The van der Waals surface area contributed by atoms with Crippen LogP contribution in [0.1, 0.15) is 54.9 Å². The molecular formula is C13H18O2. The van der Waals surface area contributed by atoms with E-state index in [1.165, 1.54) is 24.8 Å². The lowest BCUT2D eigenvalue weighted by molar-refractivity contribution is 0.0697. The Morgan fingerprint density at radius 2 is 1.93 bits per heavy atom. The van der Waals surface area contributed by atoms with Gasteiger partial charge in [0.25, 0.3) is 0 Å². The highest BCUT2D eigenvalue weighted by Crippen LogP contribution is 2.21. The monoisotopic (exact) mass is 206 g/mol. The van der Waals surface area contributed by atoms with Gasteiger partial charge in [-0.3, -0.25) is 0 Å². The molecule has 1 rings (SSSR count). The van der Waals surface area contributed by atoms with Crippen LogP contribution in [0.5, 0.6) is 0 Å². The fourth-order valence-corrected chi connectivity index (χ4v) is 1.63. The minimum Gasteiger partial charge on any atom is -0.478 e. The first-order valence-corrected chi connectivity index (χ1v) is 5.48. The van der Waals surface area contributed by atoms with Gasteiger partial charge in [-0.05, 0) is 30.0 Å². The zero-order valence-corrected chi connectivity index (χ0v) is 9.36. The largest absolute Gasteiger partial charge is 0.478 e. The average Bonchev–Trinajstić information content (AvgIpc) is 2.26. The number of hydrogen-bond acceptors (Lipinski definition) is 1. The molecule has 1 N–H and O–H groups in total. The molecule has 82 valence electrons. The summed E-state index contributed by atoms with van der Waals surface area (Å²) in [7, 11) is 0. The lowest BCUT2D eigenvalue weighted by Gasteiger charge is -2.11. The van der Waals surface area contributed by atoms with E-state index >= 15 is 0 Å². The predicted octanol–water partition coefficient (Wildman–Crippen LogP) is 3.68. The zero-order valence-electron chi connectivity index (χ0n) is 9.36. The topological polar surface area (TPSA) is 37.3 Å². The second-order valence-electron chi connectivity index (χ2n) is 3.97. The van der Waals surface area contributed by atoms with Crippen LogP contribution in [-0.2, 0) is 0 Å². The summed E-state index contributed by atoms with van der Waals surface area (Å²) in [5, 5.41) is 8.76. The van der Waals surface area contributed by atoms with Crippen LogP contribution in [-0.4, -0.2) is 11.1 Å². The van der Waals surface area contributed by atoms with Crippen molar-refractivity contribution in [3.63, 3.8) is 0 Å². The third-order valence-electron chi connectivity index (χ3n) is 2.72. The van der Waals surface area contributed by atoms with Crippen molar-refractivity contribution in [1.82, 2.24) is 0 Å². The highest BCUT2D eigenvalue weighted by molar-refractivity contribution is 5.87. The molecule has 0 aliphatic heterocycles. The lowest BCUT2D eigenvalue weighted by Crippen LogP contribution is -1.98. The fourth-order valence-electron chi connectivity index (χ4n) is 1.63. The maximum absolute atomic E-state index is 10.7. The van der Waals surface area contributed by atoms with Gasteiger partial charge in [-0.15, -0.1) is 0 Å². The highest BCUT2D eigenvalue weighted by atomic mass is 16.4. The zero-order chi connectivity index (χ0) is 11.3. The summed E-state index contributed by atoms with van der Waals surface area (Å²) in [4.78, 5) is 10.7.